The van der Waals surface area contributed by atoms with Gasteiger partial charge in [-0.05, 0) is 43.5 Å². The lowest BCUT2D eigenvalue weighted by molar-refractivity contribution is 0.490. The lowest BCUT2D eigenvalue weighted by Gasteiger charge is -2.26. The number of benzene rings is 1. The number of aryl methyl sites for hydroxylation is 1. The van der Waals surface area contributed by atoms with Gasteiger partial charge in [0.05, 0.1) is 5.54 Å². The van der Waals surface area contributed by atoms with Crippen LogP contribution in [0.25, 0.3) is 0 Å². The third-order valence-electron chi connectivity index (χ3n) is 3.33. The summed E-state index contributed by atoms with van der Waals surface area (Å²) in [6.45, 7) is 6.24. The fourth-order valence-electron chi connectivity index (χ4n) is 2.23. The standard InChI is InChI=1S/C12H18N2/c1-9-4-3-5-11(10(9)2)12(13)6-7-14-8-12/h3-5,14H,6-8,13H2,1-2H3. The van der Waals surface area contributed by atoms with Crippen molar-refractivity contribution in [1.82, 2.24) is 5.32 Å². The van der Waals surface area contributed by atoms with Crippen LogP contribution in [0.3, 0.4) is 0 Å². The first-order chi connectivity index (χ1) is 6.63. The second-order valence-electron chi connectivity index (χ2n) is 4.33. The quantitative estimate of drug-likeness (QED) is 0.703. The summed E-state index contributed by atoms with van der Waals surface area (Å²) in [5.74, 6) is 0. The minimum absolute atomic E-state index is 0.143. The highest BCUT2D eigenvalue weighted by molar-refractivity contribution is 5.38. The summed E-state index contributed by atoms with van der Waals surface area (Å²) in [6, 6.07) is 6.41. The summed E-state index contributed by atoms with van der Waals surface area (Å²) >= 11 is 0. The second-order valence-corrected chi connectivity index (χ2v) is 4.33. The van der Waals surface area contributed by atoms with Crippen molar-refractivity contribution in [3.63, 3.8) is 0 Å². The Hall–Kier alpha value is -0.860. The molecular weight excluding hydrogens is 172 g/mol. The van der Waals surface area contributed by atoms with Crippen LogP contribution in [0.15, 0.2) is 18.2 Å². The van der Waals surface area contributed by atoms with Crippen LogP contribution < -0.4 is 11.1 Å². The van der Waals surface area contributed by atoms with Gasteiger partial charge in [0.15, 0.2) is 0 Å². The van der Waals surface area contributed by atoms with E-state index in [2.05, 4.69) is 37.4 Å². The van der Waals surface area contributed by atoms with E-state index in [-0.39, 0.29) is 5.54 Å². The van der Waals surface area contributed by atoms with E-state index in [9.17, 15) is 0 Å². The number of nitrogens with two attached hydrogens (primary N) is 1. The lowest BCUT2D eigenvalue weighted by atomic mass is 9.85. The molecule has 0 bridgehead atoms. The van der Waals surface area contributed by atoms with Gasteiger partial charge in [-0.25, -0.2) is 0 Å². The predicted molar refractivity (Wildman–Crippen MR) is 59.3 cm³/mol. The van der Waals surface area contributed by atoms with Crippen molar-refractivity contribution in [2.75, 3.05) is 13.1 Å². The van der Waals surface area contributed by atoms with Crippen molar-refractivity contribution in [3.05, 3.63) is 34.9 Å². The molecule has 0 spiro atoms. The molecule has 1 aliphatic heterocycles. The van der Waals surface area contributed by atoms with Crippen molar-refractivity contribution in [2.45, 2.75) is 25.8 Å². The van der Waals surface area contributed by atoms with E-state index in [0.29, 0.717) is 0 Å². The number of nitrogens with one attached hydrogen (secondary N) is 1. The molecule has 0 radical (unpaired) electrons. The Kier molecular flexibility index (Phi) is 2.33. The molecule has 1 aliphatic rings. The molecule has 3 N–H and O–H groups in total. The molecule has 1 saturated heterocycles. The van der Waals surface area contributed by atoms with E-state index in [1.54, 1.807) is 0 Å². The van der Waals surface area contributed by atoms with Crippen molar-refractivity contribution in [2.24, 2.45) is 5.73 Å². The summed E-state index contributed by atoms with van der Waals surface area (Å²) < 4.78 is 0. The van der Waals surface area contributed by atoms with Gasteiger partial charge in [-0.2, -0.15) is 0 Å². The molecule has 1 unspecified atom stereocenters. The maximum Gasteiger partial charge on any atom is 0.0550 e. The van der Waals surface area contributed by atoms with Gasteiger partial charge in [0.2, 0.25) is 0 Å². The van der Waals surface area contributed by atoms with Crippen LogP contribution in [0.5, 0.6) is 0 Å². The molecule has 76 valence electrons. The molecule has 2 heteroatoms. The monoisotopic (exact) mass is 190 g/mol. The Morgan fingerprint density at radius 1 is 1.36 bits per heavy atom. The van der Waals surface area contributed by atoms with E-state index >= 15 is 0 Å². The molecule has 14 heavy (non-hydrogen) atoms. The van der Waals surface area contributed by atoms with E-state index in [1.807, 2.05) is 0 Å². The first-order valence-corrected chi connectivity index (χ1v) is 5.20. The Bertz CT molecular complexity index is 338. The summed E-state index contributed by atoms with van der Waals surface area (Å²) in [4.78, 5) is 0. The zero-order chi connectivity index (χ0) is 10.2. The van der Waals surface area contributed by atoms with Gasteiger partial charge in [-0.1, -0.05) is 18.2 Å². The van der Waals surface area contributed by atoms with Crippen molar-refractivity contribution in [3.8, 4) is 0 Å². The number of hydrogen-bond donors (Lipinski definition) is 2. The van der Waals surface area contributed by atoms with Crippen LogP contribution in [-0.4, -0.2) is 13.1 Å². The highest BCUT2D eigenvalue weighted by Crippen LogP contribution is 2.28. The van der Waals surface area contributed by atoms with E-state index in [4.69, 9.17) is 5.73 Å². The topological polar surface area (TPSA) is 38.0 Å². The van der Waals surface area contributed by atoms with Crippen LogP contribution in [-0.2, 0) is 5.54 Å². The highest BCUT2D eigenvalue weighted by Gasteiger charge is 2.32. The molecule has 0 aromatic heterocycles. The van der Waals surface area contributed by atoms with Gasteiger partial charge >= 0.3 is 0 Å². The molecule has 0 aliphatic carbocycles. The molecule has 1 aromatic rings. The van der Waals surface area contributed by atoms with Crippen LogP contribution in [0, 0.1) is 13.8 Å². The van der Waals surface area contributed by atoms with Crippen LogP contribution >= 0.6 is 0 Å². The maximum atomic E-state index is 6.39. The van der Waals surface area contributed by atoms with Gasteiger partial charge in [0.1, 0.15) is 0 Å². The Morgan fingerprint density at radius 2 is 2.14 bits per heavy atom. The minimum Gasteiger partial charge on any atom is -0.320 e. The molecule has 2 nitrogen and oxygen atoms in total. The zero-order valence-corrected chi connectivity index (χ0v) is 8.93. The number of hydrogen-bond acceptors (Lipinski definition) is 2. The Balaban J connectivity index is 2.45. The molecular formula is C12H18N2. The van der Waals surface area contributed by atoms with Gasteiger partial charge in [0, 0.05) is 6.54 Å². The summed E-state index contributed by atoms with van der Waals surface area (Å²) in [5, 5.41) is 3.33. The minimum atomic E-state index is -0.143. The van der Waals surface area contributed by atoms with Gasteiger partial charge in [-0.15, -0.1) is 0 Å². The molecule has 0 saturated carbocycles. The molecule has 0 amide bonds. The SMILES string of the molecule is Cc1cccc(C2(N)CCNC2)c1C. The largest absolute Gasteiger partial charge is 0.320 e. The summed E-state index contributed by atoms with van der Waals surface area (Å²) in [7, 11) is 0. The van der Waals surface area contributed by atoms with Gasteiger partial charge in [0.25, 0.3) is 0 Å². The third kappa shape index (κ3) is 1.45. The maximum absolute atomic E-state index is 6.39. The Morgan fingerprint density at radius 3 is 2.79 bits per heavy atom. The molecule has 2 rings (SSSR count). The third-order valence-corrected chi connectivity index (χ3v) is 3.33. The van der Waals surface area contributed by atoms with Crippen molar-refractivity contribution in [1.29, 1.82) is 0 Å². The second kappa shape index (κ2) is 3.37. The van der Waals surface area contributed by atoms with Gasteiger partial charge < -0.3 is 11.1 Å². The first kappa shape index (κ1) is 9.69. The average Bonchev–Trinajstić information content (AvgIpc) is 2.58. The fraction of sp³-hybridized carbons (Fsp3) is 0.500. The van der Waals surface area contributed by atoms with E-state index in [1.165, 1.54) is 16.7 Å². The molecule has 1 atom stereocenters. The normalized spacial score (nSPS) is 26.8. The van der Waals surface area contributed by atoms with E-state index < -0.39 is 0 Å². The predicted octanol–water partition coefficient (Wildman–Crippen LogP) is 1.45. The smallest absolute Gasteiger partial charge is 0.0550 e. The van der Waals surface area contributed by atoms with Gasteiger partial charge in [-0.3, -0.25) is 0 Å². The van der Waals surface area contributed by atoms with Crippen LogP contribution in [0.2, 0.25) is 0 Å². The van der Waals surface area contributed by atoms with Crippen molar-refractivity contribution < 1.29 is 0 Å². The Labute approximate surface area is 85.5 Å². The zero-order valence-electron chi connectivity index (χ0n) is 8.93. The van der Waals surface area contributed by atoms with E-state index in [0.717, 1.165) is 19.5 Å². The molecule has 1 heterocycles. The fourth-order valence-corrected chi connectivity index (χ4v) is 2.23. The van der Waals surface area contributed by atoms with Crippen molar-refractivity contribution >= 4 is 0 Å². The highest BCUT2D eigenvalue weighted by atomic mass is 15.0. The molecule has 1 fully saturated rings. The average molecular weight is 190 g/mol. The lowest BCUT2D eigenvalue weighted by Crippen LogP contribution is -2.39. The first-order valence-electron chi connectivity index (χ1n) is 5.20. The molecule has 1 aromatic carbocycles. The van der Waals surface area contributed by atoms with Crippen LogP contribution in [0.1, 0.15) is 23.1 Å². The summed E-state index contributed by atoms with van der Waals surface area (Å²) in [6.07, 6.45) is 1.04. The van der Waals surface area contributed by atoms with Crippen LogP contribution in [0.4, 0.5) is 0 Å². The summed E-state index contributed by atoms with van der Waals surface area (Å²) in [5.41, 5.74) is 10.2. The number of rotatable bonds is 1.